The van der Waals surface area contributed by atoms with Gasteiger partial charge in [0.25, 0.3) is 0 Å². The van der Waals surface area contributed by atoms with E-state index in [1.54, 1.807) is 0 Å². The normalized spacial score (nSPS) is 12.1. The highest BCUT2D eigenvalue weighted by molar-refractivity contribution is 7.72. The molecule has 0 rings (SSSR count). The Morgan fingerprint density at radius 3 is 0.950 bits per heavy atom. The molecule has 118 valence electrons. The highest BCUT2D eigenvalue weighted by Crippen LogP contribution is 2.61. The van der Waals surface area contributed by atoms with Gasteiger partial charge in [0.2, 0.25) is 0 Å². The number of carbonyl (C=O) groups excluding carboxylic acids is 2. The standard InChI is InChI=1S/C14H30O4P2/c1-7-19(8-2,9-3)17-13(15)14(16)18-20(10-4,11-5)12-6/h7-12H2,1-6H3/q+2. The Morgan fingerprint density at radius 1 is 0.600 bits per heavy atom. The third-order valence-corrected chi connectivity index (χ3v) is 12.2. The molecule has 0 aromatic heterocycles. The molecule has 4 nitrogen and oxygen atoms in total. The number of rotatable bonds is 8. The lowest BCUT2D eigenvalue weighted by Gasteiger charge is -2.23. The summed E-state index contributed by atoms with van der Waals surface area (Å²) in [6.07, 6.45) is 4.88. The Balaban J connectivity index is 4.83. The van der Waals surface area contributed by atoms with E-state index in [1.165, 1.54) is 0 Å². The highest BCUT2D eigenvalue weighted by atomic mass is 31.2. The average molecular weight is 324 g/mol. The van der Waals surface area contributed by atoms with Crippen LogP contribution in [-0.4, -0.2) is 48.9 Å². The fourth-order valence-corrected chi connectivity index (χ4v) is 6.47. The molecule has 0 aromatic rings. The van der Waals surface area contributed by atoms with E-state index < -0.39 is 26.9 Å². The first-order chi connectivity index (χ1) is 9.38. The van der Waals surface area contributed by atoms with Crippen molar-refractivity contribution < 1.29 is 18.6 Å². The molecule has 0 spiro atoms. The van der Waals surface area contributed by atoms with Gasteiger partial charge in [-0.2, -0.15) is 0 Å². The SMILES string of the molecule is CC[P+](CC)(CC)OC(=O)C(=O)O[P+](CC)(CC)CC. The van der Waals surface area contributed by atoms with Crippen LogP contribution < -0.4 is 0 Å². The van der Waals surface area contributed by atoms with Gasteiger partial charge in [-0.3, -0.25) is 0 Å². The quantitative estimate of drug-likeness (QED) is 0.499. The summed E-state index contributed by atoms with van der Waals surface area (Å²) < 4.78 is 11.1. The molecular weight excluding hydrogens is 294 g/mol. The van der Waals surface area contributed by atoms with Crippen LogP contribution in [0.2, 0.25) is 0 Å². The van der Waals surface area contributed by atoms with Gasteiger partial charge in [-0.05, 0) is 41.5 Å². The lowest BCUT2D eigenvalue weighted by Crippen LogP contribution is -2.24. The number of hydrogen-bond acceptors (Lipinski definition) is 4. The Hall–Kier alpha value is -0.200. The highest BCUT2D eigenvalue weighted by Gasteiger charge is 2.44. The third kappa shape index (κ3) is 4.97. The minimum absolute atomic E-state index is 0.788. The molecule has 0 aliphatic rings. The van der Waals surface area contributed by atoms with Crippen molar-refractivity contribution in [1.29, 1.82) is 0 Å². The van der Waals surface area contributed by atoms with E-state index >= 15 is 0 Å². The first kappa shape index (κ1) is 19.8. The zero-order chi connectivity index (χ0) is 15.8. The molecule has 0 N–H and O–H groups in total. The second kappa shape index (κ2) is 8.95. The van der Waals surface area contributed by atoms with Gasteiger partial charge in [0.05, 0.1) is 37.0 Å². The Morgan fingerprint density at radius 2 is 0.800 bits per heavy atom. The van der Waals surface area contributed by atoms with Crippen LogP contribution in [0.1, 0.15) is 41.5 Å². The van der Waals surface area contributed by atoms with Crippen molar-refractivity contribution in [3.63, 3.8) is 0 Å². The fourth-order valence-electron chi connectivity index (χ4n) is 2.16. The molecule has 0 unspecified atom stereocenters. The van der Waals surface area contributed by atoms with E-state index in [-0.39, 0.29) is 0 Å². The van der Waals surface area contributed by atoms with Gasteiger partial charge >= 0.3 is 11.9 Å². The van der Waals surface area contributed by atoms with Crippen LogP contribution in [0.5, 0.6) is 0 Å². The maximum absolute atomic E-state index is 12.0. The number of hydrogen-bond donors (Lipinski definition) is 0. The van der Waals surface area contributed by atoms with Crippen molar-refractivity contribution in [2.75, 3.05) is 37.0 Å². The molecule has 6 heteroatoms. The van der Waals surface area contributed by atoms with E-state index in [0.29, 0.717) is 0 Å². The Bertz CT molecular complexity index is 275. The molecule has 0 aliphatic carbocycles. The predicted molar refractivity (Wildman–Crippen MR) is 89.3 cm³/mol. The third-order valence-electron chi connectivity index (χ3n) is 4.18. The molecule has 20 heavy (non-hydrogen) atoms. The second-order valence-corrected chi connectivity index (χ2v) is 13.2. The summed E-state index contributed by atoms with van der Waals surface area (Å²) in [4.78, 5) is 24.0. The van der Waals surface area contributed by atoms with Gasteiger partial charge in [0.1, 0.15) is 0 Å². The van der Waals surface area contributed by atoms with Crippen LogP contribution in [0.3, 0.4) is 0 Å². The Kier molecular flexibility index (Phi) is 8.86. The molecular formula is C14H30O4P2+2. The maximum atomic E-state index is 12.0. The van der Waals surface area contributed by atoms with Gasteiger partial charge < -0.3 is 9.05 Å². The molecule has 0 heterocycles. The molecule has 0 atom stereocenters. The first-order valence-corrected chi connectivity index (χ1v) is 12.1. The summed E-state index contributed by atoms with van der Waals surface area (Å²) in [6.45, 7) is 12.1. The van der Waals surface area contributed by atoms with Crippen molar-refractivity contribution in [2.45, 2.75) is 41.5 Å². The van der Waals surface area contributed by atoms with Crippen molar-refractivity contribution in [3.05, 3.63) is 0 Å². The first-order valence-electron chi connectivity index (χ1n) is 7.57. The molecule has 0 aromatic carbocycles. The Labute approximate surface area is 124 Å². The topological polar surface area (TPSA) is 52.6 Å². The molecule has 0 amide bonds. The monoisotopic (exact) mass is 324 g/mol. The van der Waals surface area contributed by atoms with E-state index in [4.69, 9.17) is 9.05 Å². The van der Waals surface area contributed by atoms with Crippen molar-refractivity contribution in [3.8, 4) is 0 Å². The van der Waals surface area contributed by atoms with Crippen molar-refractivity contribution in [2.24, 2.45) is 0 Å². The minimum atomic E-state index is -1.78. The molecule has 0 radical (unpaired) electrons. The van der Waals surface area contributed by atoms with Crippen LogP contribution in [0.4, 0.5) is 0 Å². The van der Waals surface area contributed by atoms with Gasteiger partial charge in [-0.25, -0.2) is 9.59 Å². The zero-order valence-electron chi connectivity index (χ0n) is 13.8. The molecule has 0 saturated carbocycles. The van der Waals surface area contributed by atoms with Gasteiger partial charge in [0.15, 0.2) is 15.0 Å². The smallest absolute Gasteiger partial charge is 0.301 e. The van der Waals surface area contributed by atoms with E-state index in [0.717, 1.165) is 37.0 Å². The van der Waals surface area contributed by atoms with Crippen molar-refractivity contribution in [1.82, 2.24) is 0 Å². The van der Waals surface area contributed by atoms with Crippen LogP contribution in [-0.2, 0) is 18.6 Å². The van der Waals surface area contributed by atoms with E-state index in [9.17, 15) is 9.59 Å². The molecule has 0 bridgehead atoms. The number of carbonyl (C=O) groups is 2. The van der Waals surface area contributed by atoms with E-state index in [1.807, 2.05) is 41.5 Å². The van der Waals surface area contributed by atoms with Gasteiger partial charge in [-0.1, -0.05) is 0 Å². The second-order valence-electron chi connectivity index (χ2n) is 4.77. The van der Waals surface area contributed by atoms with Crippen molar-refractivity contribution >= 4 is 26.9 Å². The van der Waals surface area contributed by atoms with Crippen LogP contribution in [0.25, 0.3) is 0 Å². The lowest BCUT2D eigenvalue weighted by molar-refractivity contribution is -0.155. The van der Waals surface area contributed by atoms with Crippen LogP contribution in [0, 0.1) is 0 Å². The van der Waals surface area contributed by atoms with E-state index in [2.05, 4.69) is 0 Å². The molecule has 0 fully saturated rings. The minimum Gasteiger partial charge on any atom is -0.301 e. The summed E-state index contributed by atoms with van der Waals surface area (Å²) in [5, 5.41) is 0. The van der Waals surface area contributed by atoms with Gasteiger partial charge in [0, 0.05) is 0 Å². The van der Waals surface area contributed by atoms with Crippen LogP contribution in [0.15, 0.2) is 0 Å². The van der Waals surface area contributed by atoms with Crippen LogP contribution >= 0.6 is 15.0 Å². The summed E-state index contributed by atoms with van der Waals surface area (Å²) in [7, 11) is -3.56. The fraction of sp³-hybridized carbons (Fsp3) is 0.857. The average Bonchev–Trinajstić information content (AvgIpc) is 2.50. The summed E-state index contributed by atoms with van der Waals surface area (Å²) in [6, 6.07) is 0. The van der Waals surface area contributed by atoms with Gasteiger partial charge in [-0.15, -0.1) is 0 Å². The predicted octanol–water partition coefficient (Wildman–Crippen LogP) is 4.06. The summed E-state index contributed by atoms with van der Waals surface area (Å²) in [5.74, 6) is -1.58. The lowest BCUT2D eigenvalue weighted by atomic mass is 10.7. The molecule has 0 aliphatic heterocycles. The summed E-state index contributed by atoms with van der Waals surface area (Å²) in [5.41, 5.74) is 0. The molecule has 0 saturated heterocycles. The zero-order valence-corrected chi connectivity index (χ0v) is 15.6. The largest absolute Gasteiger partial charge is 0.462 e. The summed E-state index contributed by atoms with van der Waals surface area (Å²) >= 11 is 0. The maximum Gasteiger partial charge on any atom is 0.462 e.